The summed E-state index contributed by atoms with van der Waals surface area (Å²) in [5, 5.41) is 3.39. The highest BCUT2D eigenvalue weighted by Crippen LogP contribution is 2.24. The number of hydrogen-bond donors (Lipinski definition) is 1. The maximum Gasteiger partial charge on any atom is 0.573 e. The molecule has 130 valence electrons. The van der Waals surface area contributed by atoms with Gasteiger partial charge in [0.15, 0.2) is 5.11 Å². The van der Waals surface area contributed by atoms with Crippen LogP contribution >= 0.6 is 12.2 Å². The van der Waals surface area contributed by atoms with Crippen LogP contribution in [0.3, 0.4) is 0 Å². The van der Waals surface area contributed by atoms with Gasteiger partial charge in [-0.05, 0) is 36.5 Å². The van der Waals surface area contributed by atoms with E-state index in [1.165, 1.54) is 24.3 Å². The Bertz CT molecular complexity index is 475. The Morgan fingerprint density at radius 2 is 1.61 bits per heavy atom. The molecule has 5 nitrogen and oxygen atoms in total. The molecule has 0 saturated heterocycles. The molecule has 0 radical (unpaired) electrons. The fourth-order valence-electron chi connectivity index (χ4n) is 1.66. The second kappa shape index (κ2) is 9.53. The van der Waals surface area contributed by atoms with Crippen molar-refractivity contribution in [2.24, 2.45) is 0 Å². The summed E-state index contributed by atoms with van der Waals surface area (Å²) < 4.78 is 50.2. The first-order valence-electron chi connectivity index (χ1n) is 6.75. The van der Waals surface area contributed by atoms with Crippen molar-refractivity contribution in [1.29, 1.82) is 0 Å². The Kier molecular flexibility index (Phi) is 8.07. The van der Waals surface area contributed by atoms with Gasteiger partial charge in [0.2, 0.25) is 0 Å². The summed E-state index contributed by atoms with van der Waals surface area (Å²) in [6.45, 7) is 2.12. The number of thiocarbonyl (C=S) groups is 1. The third-order valence-electron chi connectivity index (χ3n) is 2.76. The first kappa shape index (κ1) is 19.5. The highest BCUT2D eigenvalue weighted by atomic mass is 32.1. The molecule has 0 unspecified atom stereocenters. The lowest BCUT2D eigenvalue weighted by Gasteiger charge is -2.25. The topological polar surface area (TPSA) is 43.0 Å². The molecule has 0 amide bonds. The molecule has 0 heterocycles. The molecule has 9 heteroatoms. The Hall–Kier alpha value is -1.58. The van der Waals surface area contributed by atoms with Crippen molar-refractivity contribution in [2.45, 2.75) is 6.36 Å². The molecule has 1 rings (SSSR count). The van der Waals surface area contributed by atoms with E-state index in [-0.39, 0.29) is 5.75 Å². The molecule has 0 saturated carbocycles. The Balaban J connectivity index is 2.62. The second-order valence-electron chi connectivity index (χ2n) is 4.47. The quantitative estimate of drug-likeness (QED) is 0.726. The van der Waals surface area contributed by atoms with E-state index >= 15 is 0 Å². The number of alkyl halides is 3. The van der Waals surface area contributed by atoms with Gasteiger partial charge in [0.1, 0.15) is 5.75 Å². The summed E-state index contributed by atoms with van der Waals surface area (Å²) in [5.41, 5.74) is 0.560. The van der Waals surface area contributed by atoms with E-state index < -0.39 is 6.36 Å². The Morgan fingerprint density at radius 1 is 1.09 bits per heavy atom. The van der Waals surface area contributed by atoms with Crippen LogP contribution < -0.4 is 10.1 Å². The minimum atomic E-state index is -4.71. The normalized spacial score (nSPS) is 11.2. The lowest BCUT2D eigenvalue weighted by Crippen LogP contribution is -2.39. The predicted molar refractivity (Wildman–Crippen MR) is 84.7 cm³/mol. The minimum absolute atomic E-state index is 0.287. The molecule has 0 bridgehead atoms. The number of hydrogen-bond acceptors (Lipinski definition) is 4. The molecule has 23 heavy (non-hydrogen) atoms. The molecule has 0 atom stereocenters. The average molecular weight is 352 g/mol. The third kappa shape index (κ3) is 8.00. The summed E-state index contributed by atoms with van der Waals surface area (Å²) in [6.07, 6.45) is -4.71. The zero-order chi connectivity index (χ0) is 17.3. The van der Waals surface area contributed by atoms with Crippen LogP contribution in [0.25, 0.3) is 0 Å². The van der Waals surface area contributed by atoms with Crippen LogP contribution in [0.5, 0.6) is 5.75 Å². The van der Waals surface area contributed by atoms with E-state index in [2.05, 4.69) is 10.1 Å². The molecule has 1 aromatic rings. The molecule has 0 aliphatic rings. The summed E-state index contributed by atoms with van der Waals surface area (Å²) in [6, 6.07) is 5.34. The van der Waals surface area contributed by atoms with Crippen molar-refractivity contribution >= 4 is 23.0 Å². The SMILES string of the molecule is COCCN(CCOC)C(=S)Nc1ccc(OC(F)(F)F)cc1. The number of rotatable bonds is 8. The van der Waals surface area contributed by atoms with Gasteiger partial charge in [0.05, 0.1) is 13.2 Å². The zero-order valence-electron chi connectivity index (χ0n) is 12.9. The number of halogens is 3. The highest BCUT2D eigenvalue weighted by Gasteiger charge is 2.30. The third-order valence-corrected chi connectivity index (χ3v) is 3.12. The molecular weight excluding hydrogens is 333 g/mol. The first-order valence-corrected chi connectivity index (χ1v) is 7.16. The van der Waals surface area contributed by atoms with Gasteiger partial charge < -0.3 is 24.4 Å². The van der Waals surface area contributed by atoms with Crippen LogP contribution in [-0.4, -0.2) is 56.9 Å². The maximum atomic E-state index is 12.1. The molecule has 0 spiro atoms. The van der Waals surface area contributed by atoms with E-state index in [0.717, 1.165) is 0 Å². The molecule has 1 N–H and O–H groups in total. The van der Waals surface area contributed by atoms with Gasteiger partial charge in [0, 0.05) is 33.0 Å². The summed E-state index contributed by atoms with van der Waals surface area (Å²) in [4.78, 5) is 1.85. The Morgan fingerprint density at radius 3 is 2.04 bits per heavy atom. The van der Waals surface area contributed by atoms with Crippen LogP contribution in [0.1, 0.15) is 0 Å². The molecule has 0 aliphatic carbocycles. The molecule has 0 aliphatic heterocycles. The first-order chi connectivity index (χ1) is 10.9. The van der Waals surface area contributed by atoms with Crippen molar-refractivity contribution in [3.8, 4) is 5.75 Å². The lowest BCUT2D eigenvalue weighted by molar-refractivity contribution is -0.274. The number of nitrogens with zero attached hydrogens (tertiary/aromatic N) is 1. The monoisotopic (exact) mass is 352 g/mol. The number of ether oxygens (including phenoxy) is 3. The van der Waals surface area contributed by atoms with Gasteiger partial charge in [-0.2, -0.15) is 0 Å². The summed E-state index contributed by atoms with van der Waals surface area (Å²) >= 11 is 5.30. The second-order valence-corrected chi connectivity index (χ2v) is 4.86. The van der Waals surface area contributed by atoms with Crippen molar-refractivity contribution in [3.63, 3.8) is 0 Å². The van der Waals surface area contributed by atoms with Crippen LogP contribution in [0.2, 0.25) is 0 Å². The molecular formula is C14H19F3N2O3S. The van der Waals surface area contributed by atoms with E-state index in [4.69, 9.17) is 21.7 Å². The summed E-state index contributed by atoms with van der Waals surface area (Å²) in [7, 11) is 3.18. The predicted octanol–water partition coefficient (Wildman–Crippen LogP) is 2.88. The van der Waals surface area contributed by atoms with Gasteiger partial charge in [-0.3, -0.25) is 0 Å². The number of nitrogens with one attached hydrogen (secondary N) is 1. The Labute approximate surface area is 138 Å². The lowest BCUT2D eigenvalue weighted by atomic mass is 10.3. The largest absolute Gasteiger partial charge is 0.573 e. The van der Waals surface area contributed by atoms with E-state index in [1.807, 2.05) is 4.90 Å². The molecule has 0 fully saturated rings. The van der Waals surface area contributed by atoms with Crippen LogP contribution in [0, 0.1) is 0 Å². The van der Waals surface area contributed by atoms with Gasteiger partial charge in [0.25, 0.3) is 0 Å². The van der Waals surface area contributed by atoms with Crippen LogP contribution in [-0.2, 0) is 9.47 Å². The van der Waals surface area contributed by atoms with Gasteiger partial charge in [-0.1, -0.05) is 0 Å². The smallest absolute Gasteiger partial charge is 0.406 e. The maximum absolute atomic E-state index is 12.1. The number of benzene rings is 1. The summed E-state index contributed by atoms with van der Waals surface area (Å²) in [5.74, 6) is -0.287. The highest BCUT2D eigenvalue weighted by molar-refractivity contribution is 7.80. The average Bonchev–Trinajstić information content (AvgIpc) is 2.48. The zero-order valence-corrected chi connectivity index (χ0v) is 13.7. The number of anilines is 1. The van der Waals surface area contributed by atoms with Crippen molar-refractivity contribution in [1.82, 2.24) is 4.90 Å². The van der Waals surface area contributed by atoms with Gasteiger partial charge in [-0.25, -0.2) is 0 Å². The van der Waals surface area contributed by atoms with Crippen LogP contribution in [0.4, 0.5) is 18.9 Å². The molecule has 0 aromatic heterocycles. The van der Waals surface area contributed by atoms with Crippen molar-refractivity contribution < 1.29 is 27.4 Å². The van der Waals surface area contributed by atoms with Gasteiger partial charge >= 0.3 is 6.36 Å². The fraction of sp³-hybridized carbons (Fsp3) is 0.500. The minimum Gasteiger partial charge on any atom is -0.406 e. The van der Waals surface area contributed by atoms with E-state index in [9.17, 15) is 13.2 Å². The van der Waals surface area contributed by atoms with Crippen molar-refractivity contribution in [3.05, 3.63) is 24.3 Å². The van der Waals surface area contributed by atoms with Gasteiger partial charge in [-0.15, -0.1) is 13.2 Å². The standard InChI is InChI=1S/C14H19F3N2O3S/c1-20-9-7-19(8-10-21-2)13(23)18-11-3-5-12(6-4-11)22-14(15,16)17/h3-6H,7-10H2,1-2H3,(H,18,23). The van der Waals surface area contributed by atoms with E-state index in [0.29, 0.717) is 37.1 Å². The number of methoxy groups -OCH3 is 2. The van der Waals surface area contributed by atoms with Crippen LogP contribution in [0.15, 0.2) is 24.3 Å². The van der Waals surface area contributed by atoms with Crippen molar-refractivity contribution in [2.75, 3.05) is 45.8 Å². The van der Waals surface area contributed by atoms with E-state index in [1.54, 1.807) is 14.2 Å². The molecule has 1 aromatic carbocycles. The fourth-order valence-corrected chi connectivity index (χ4v) is 1.96.